The number of hydrogen-bond donors (Lipinski definition) is 2. The average Bonchev–Trinajstić information content (AvgIpc) is 3.17. The van der Waals surface area contributed by atoms with Crippen LogP contribution in [0.2, 0.25) is 0 Å². The molecule has 25 heavy (non-hydrogen) atoms. The van der Waals surface area contributed by atoms with E-state index in [1.165, 1.54) is 0 Å². The number of carbonyl (C=O) groups excluding carboxylic acids is 1. The van der Waals surface area contributed by atoms with Crippen LogP contribution in [0.3, 0.4) is 0 Å². The molecule has 0 unspecified atom stereocenters. The molecular formula is C18H19N5O2. The molecule has 3 rings (SSSR count). The number of methoxy groups -OCH3 is 1. The third-order valence-corrected chi connectivity index (χ3v) is 3.63. The van der Waals surface area contributed by atoms with E-state index in [0.29, 0.717) is 24.5 Å². The van der Waals surface area contributed by atoms with Crippen LogP contribution < -0.4 is 15.4 Å². The Balaban J connectivity index is 1.59. The number of carbonyl (C=O) groups is 1. The Morgan fingerprint density at radius 3 is 2.84 bits per heavy atom. The van der Waals surface area contributed by atoms with Crippen LogP contribution in [0.1, 0.15) is 5.56 Å². The second-order valence-corrected chi connectivity index (χ2v) is 5.27. The minimum atomic E-state index is -0.295. The Kier molecular flexibility index (Phi) is 5.26. The molecule has 128 valence electrons. The van der Waals surface area contributed by atoms with Gasteiger partial charge in [-0.2, -0.15) is 5.10 Å². The van der Waals surface area contributed by atoms with Crippen molar-refractivity contribution in [3.8, 4) is 11.6 Å². The quantitative estimate of drug-likeness (QED) is 0.724. The molecular weight excluding hydrogens is 318 g/mol. The Morgan fingerprint density at radius 2 is 2.04 bits per heavy atom. The molecule has 2 heterocycles. The van der Waals surface area contributed by atoms with Crippen molar-refractivity contribution < 1.29 is 9.53 Å². The van der Waals surface area contributed by atoms with Crippen molar-refractivity contribution in [2.45, 2.75) is 6.42 Å². The lowest BCUT2D eigenvalue weighted by Gasteiger charge is -2.12. The fourth-order valence-electron chi connectivity index (χ4n) is 2.46. The van der Waals surface area contributed by atoms with Crippen molar-refractivity contribution in [1.82, 2.24) is 20.1 Å². The lowest BCUT2D eigenvalue weighted by molar-refractivity contribution is 0.252. The SMILES string of the molecule is COc1ccccc1CCNC(=O)Nc1cccnc1-n1cccn1. The summed E-state index contributed by atoms with van der Waals surface area (Å²) in [6.07, 6.45) is 5.76. The Hall–Kier alpha value is -3.35. The smallest absolute Gasteiger partial charge is 0.319 e. The van der Waals surface area contributed by atoms with Gasteiger partial charge in [-0.05, 0) is 36.2 Å². The van der Waals surface area contributed by atoms with Crippen molar-refractivity contribution >= 4 is 11.7 Å². The van der Waals surface area contributed by atoms with E-state index in [1.54, 1.807) is 48.6 Å². The zero-order valence-corrected chi connectivity index (χ0v) is 13.8. The minimum absolute atomic E-state index is 0.295. The molecule has 7 heteroatoms. The van der Waals surface area contributed by atoms with Crippen molar-refractivity contribution in [3.05, 3.63) is 66.6 Å². The van der Waals surface area contributed by atoms with Gasteiger partial charge in [-0.1, -0.05) is 18.2 Å². The van der Waals surface area contributed by atoms with Crippen LogP contribution in [0, 0.1) is 0 Å². The molecule has 2 amide bonds. The maximum absolute atomic E-state index is 12.2. The van der Waals surface area contributed by atoms with Gasteiger partial charge in [0.1, 0.15) is 5.75 Å². The molecule has 2 aromatic heterocycles. The van der Waals surface area contributed by atoms with Crippen LogP contribution in [0.5, 0.6) is 5.75 Å². The monoisotopic (exact) mass is 337 g/mol. The van der Waals surface area contributed by atoms with Gasteiger partial charge in [0.15, 0.2) is 5.82 Å². The number of rotatable bonds is 6. The van der Waals surface area contributed by atoms with Crippen LogP contribution in [-0.2, 0) is 6.42 Å². The summed E-state index contributed by atoms with van der Waals surface area (Å²) in [5, 5.41) is 9.79. The molecule has 0 fully saturated rings. The van der Waals surface area contributed by atoms with Gasteiger partial charge < -0.3 is 15.4 Å². The van der Waals surface area contributed by atoms with E-state index in [9.17, 15) is 4.79 Å². The van der Waals surface area contributed by atoms with Gasteiger partial charge in [-0.25, -0.2) is 14.5 Å². The number of para-hydroxylation sites is 1. The average molecular weight is 337 g/mol. The van der Waals surface area contributed by atoms with E-state index in [4.69, 9.17) is 4.74 Å². The highest BCUT2D eigenvalue weighted by molar-refractivity contribution is 5.90. The highest BCUT2D eigenvalue weighted by atomic mass is 16.5. The molecule has 3 aromatic rings. The van der Waals surface area contributed by atoms with E-state index < -0.39 is 0 Å². The summed E-state index contributed by atoms with van der Waals surface area (Å²) in [4.78, 5) is 16.4. The lowest BCUT2D eigenvalue weighted by Crippen LogP contribution is -2.31. The van der Waals surface area contributed by atoms with Gasteiger partial charge in [-0.15, -0.1) is 0 Å². The van der Waals surface area contributed by atoms with E-state index in [-0.39, 0.29) is 6.03 Å². The number of benzene rings is 1. The summed E-state index contributed by atoms with van der Waals surface area (Å²) >= 11 is 0. The van der Waals surface area contributed by atoms with E-state index in [2.05, 4.69) is 20.7 Å². The van der Waals surface area contributed by atoms with E-state index in [1.807, 2.05) is 24.3 Å². The van der Waals surface area contributed by atoms with Crippen LogP contribution in [0.4, 0.5) is 10.5 Å². The fraction of sp³-hybridized carbons (Fsp3) is 0.167. The first-order chi connectivity index (χ1) is 12.3. The number of nitrogens with zero attached hydrogens (tertiary/aromatic N) is 3. The first-order valence-corrected chi connectivity index (χ1v) is 7.89. The molecule has 0 saturated carbocycles. The number of nitrogens with one attached hydrogen (secondary N) is 2. The predicted octanol–water partition coefficient (Wildman–Crippen LogP) is 2.64. The highest BCUT2D eigenvalue weighted by Crippen LogP contribution is 2.18. The number of amides is 2. The molecule has 0 atom stereocenters. The van der Waals surface area contributed by atoms with Gasteiger partial charge in [0.2, 0.25) is 0 Å². The topological polar surface area (TPSA) is 81.1 Å². The van der Waals surface area contributed by atoms with Gasteiger partial charge in [0.05, 0.1) is 12.8 Å². The van der Waals surface area contributed by atoms with Gasteiger partial charge in [0, 0.05) is 25.1 Å². The summed E-state index contributed by atoms with van der Waals surface area (Å²) in [5.74, 6) is 1.38. The normalized spacial score (nSPS) is 10.3. The highest BCUT2D eigenvalue weighted by Gasteiger charge is 2.09. The van der Waals surface area contributed by atoms with Gasteiger partial charge in [0.25, 0.3) is 0 Å². The second-order valence-electron chi connectivity index (χ2n) is 5.27. The number of urea groups is 1. The van der Waals surface area contributed by atoms with Crippen LogP contribution in [0.15, 0.2) is 61.1 Å². The molecule has 0 aliphatic carbocycles. The third-order valence-electron chi connectivity index (χ3n) is 3.63. The first kappa shape index (κ1) is 16.5. The van der Waals surface area contributed by atoms with Gasteiger partial charge >= 0.3 is 6.03 Å². The molecule has 0 radical (unpaired) electrons. The van der Waals surface area contributed by atoms with Crippen molar-refractivity contribution in [2.24, 2.45) is 0 Å². The summed E-state index contributed by atoms with van der Waals surface area (Å²) in [5.41, 5.74) is 1.63. The standard InChI is InChI=1S/C18H19N5O2/c1-25-16-8-3-2-6-14(16)9-12-20-18(24)22-15-7-4-10-19-17(15)23-13-5-11-21-23/h2-8,10-11,13H,9,12H2,1H3,(H2,20,22,24). The van der Waals surface area contributed by atoms with Gasteiger partial charge in [-0.3, -0.25) is 0 Å². The molecule has 0 aliphatic rings. The molecule has 2 N–H and O–H groups in total. The maximum atomic E-state index is 12.2. The molecule has 1 aromatic carbocycles. The van der Waals surface area contributed by atoms with E-state index >= 15 is 0 Å². The first-order valence-electron chi connectivity index (χ1n) is 7.89. The number of pyridine rings is 1. The van der Waals surface area contributed by atoms with Crippen molar-refractivity contribution in [2.75, 3.05) is 19.0 Å². The third kappa shape index (κ3) is 4.14. The van der Waals surface area contributed by atoms with Crippen molar-refractivity contribution in [3.63, 3.8) is 0 Å². The Morgan fingerprint density at radius 1 is 1.16 bits per heavy atom. The van der Waals surface area contributed by atoms with Crippen LogP contribution >= 0.6 is 0 Å². The number of hydrogen-bond acceptors (Lipinski definition) is 4. The zero-order chi connectivity index (χ0) is 17.5. The summed E-state index contributed by atoms with van der Waals surface area (Å²) in [6.45, 7) is 0.490. The van der Waals surface area contributed by atoms with Crippen LogP contribution in [0.25, 0.3) is 5.82 Å². The molecule has 0 spiro atoms. The Bertz CT molecular complexity index is 833. The predicted molar refractivity (Wildman–Crippen MR) is 95.1 cm³/mol. The lowest BCUT2D eigenvalue weighted by atomic mass is 10.1. The second kappa shape index (κ2) is 7.96. The molecule has 0 bridgehead atoms. The molecule has 0 saturated heterocycles. The van der Waals surface area contributed by atoms with Crippen molar-refractivity contribution in [1.29, 1.82) is 0 Å². The largest absolute Gasteiger partial charge is 0.496 e. The summed E-state index contributed by atoms with van der Waals surface area (Å²) < 4.78 is 6.91. The number of aromatic nitrogens is 3. The number of ether oxygens (including phenoxy) is 1. The summed E-state index contributed by atoms with van der Waals surface area (Å²) in [7, 11) is 1.64. The number of anilines is 1. The molecule has 0 aliphatic heterocycles. The summed E-state index contributed by atoms with van der Waals surface area (Å²) in [6, 6.07) is 12.8. The van der Waals surface area contributed by atoms with Crippen LogP contribution in [-0.4, -0.2) is 34.5 Å². The zero-order valence-electron chi connectivity index (χ0n) is 13.8. The maximum Gasteiger partial charge on any atom is 0.319 e. The molecule has 7 nitrogen and oxygen atoms in total. The Labute approximate surface area is 145 Å². The van der Waals surface area contributed by atoms with E-state index in [0.717, 1.165) is 11.3 Å². The fourth-order valence-corrected chi connectivity index (χ4v) is 2.46. The minimum Gasteiger partial charge on any atom is -0.496 e.